The SMILES string of the molecule is CNC(=O)c1c(-c2ccc(F)cc2)oc2cc(NCc3ccc(B(O)O)c(F)c3)c(C3CC3)cc12. The number of amides is 1. The third-order valence-corrected chi connectivity index (χ3v) is 6.26. The molecule has 0 aliphatic heterocycles. The van der Waals surface area contributed by atoms with Gasteiger partial charge in [0.15, 0.2) is 0 Å². The van der Waals surface area contributed by atoms with Crippen molar-refractivity contribution in [3.8, 4) is 11.3 Å². The summed E-state index contributed by atoms with van der Waals surface area (Å²) in [6.07, 6.45) is 2.05. The number of furan rings is 1. The van der Waals surface area contributed by atoms with Crippen LogP contribution in [0.15, 0.2) is 59.0 Å². The topological polar surface area (TPSA) is 94.7 Å². The van der Waals surface area contributed by atoms with E-state index in [1.54, 1.807) is 25.2 Å². The minimum Gasteiger partial charge on any atom is -0.455 e. The Hall–Kier alpha value is -3.69. The maximum atomic E-state index is 14.2. The lowest BCUT2D eigenvalue weighted by molar-refractivity contribution is 0.0964. The van der Waals surface area contributed by atoms with E-state index in [4.69, 9.17) is 4.42 Å². The second kappa shape index (κ2) is 9.17. The molecule has 1 aliphatic rings. The van der Waals surface area contributed by atoms with Crippen LogP contribution >= 0.6 is 0 Å². The smallest absolute Gasteiger partial charge is 0.455 e. The molecule has 1 fully saturated rings. The Kier molecular flexibility index (Phi) is 6.04. The molecule has 1 amide bonds. The molecule has 1 saturated carbocycles. The van der Waals surface area contributed by atoms with E-state index in [1.807, 2.05) is 12.1 Å². The van der Waals surface area contributed by atoms with Gasteiger partial charge >= 0.3 is 7.12 Å². The second-order valence-electron chi connectivity index (χ2n) is 8.69. The molecule has 3 aromatic carbocycles. The van der Waals surface area contributed by atoms with Crippen LogP contribution in [0.4, 0.5) is 14.5 Å². The maximum Gasteiger partial charge on any atom is 0.491 e. The van der Waals surface area contributed by atoms with Crippen LogP contribution in [0, 0.1) is 11.6 Å². The minimum absolute atomic E-state index is 0.181. The number of nitrogens with one attached hydrogen (secondary N) is 2. The van der Waals surface area contributed by atoms with Crippen LogP contribution in [0.1, 0.15) is 40.2 Å². The van der Waals surface area contributed by atoms with Gasteiger partial charge in [0.25, 0.3) is 5.91 Å². The van der Waals surface area contributed by atoms with Gasteiger partial charge in [-0.1, -0.05) is 12.1 Å². The number of benzene rings is 3. The average molecular weight is 476 g/mol. The van der Waals surface area contributed by atoms with Gasteiger partial charge < -0.3 is 25.1 Å². The van der Waals surface area contributed by atoms with Gasteiger partial charge in [-0.3, -0.25) is 4.79 Å². The molecule has 0 bridgehead atoms. The van der Waals surface area contributed by atoms with Crippen molar-refractivity contribution in [2.45, 2.75) is 25.3 Å². The fraction of sp³-hybridized carbons (Fsp3) is 0.192. The molecule has 6 nitrogen and oxygen atoms in total. The monoisotopic (exact) mass is 476 g/mol. The Balaban J connectivity index is 1.55. The number of carbonyl (C=O) groups is 1. The lowest BCUT2D eigenvalue weighted by Crippen LogP contribution is -2.32. The molecule has 0 saturated heterocycles. The van der Waals surface area contributed by atoms with Crippen LogP contribution in [0.3, 0.4) is 0 Å². The first kappa shape index (κ1) is 23.1. The number of anilines is 1. The van der Waals surface area contributed by atoms with Crippen LogP contribution < -0.4 is 16.1 Å². The molecule has 178 valence electrons. The van der Waals surface area contributed by atoms with E-state index in [0.717, 1.165) is 24.1 Å². The summed E-state index contributed by atoms with van der Waals surface area (Å²) in [5, 5.41) is 25.1. The van der Waals surface area contributed by atoms with Gasteiger partial charge in [0.2, 0.25) is 0 Å². The van der Waals surface area contributed by atoms with Crippen molar-refractivity contribution in [2.24, 2.45) is 0 Å². The normalized spacial score (nSPS) is 13.2. The van der Waals surface area contributed by atoms with E-state index in [9.17, 15) is 23.6 Å². The zero-order valence-corrected chi connectivity index (χ0v) is 18.9. The molecular weight excluding hydrogens is 453 g/mol. The predicted molar refractivity (Wildman–Crippen MR) is 131 cm³/mol. The zero-order chi connectivity index (χ0) is 24.7. The largest absolute Gasteiger partial charge is 0.491 e. The van der Waals surface area contributed by atoms with Gasteiger partial charge in [0.05, 0.1) is 5.56 Å². The summed E-state index contributed by atoms with van der Waals surface area (Å²) in [5.74, 6) is -0.674. The highest BCUT2D eigenvalue weighted by Gasteiger charge is 2.29. The predicted octanol–water partition coefficient (Wildman–Crippen LogP) is 3.91. The molecule has 1 aromatic heterocycles. The molecule has 4 N–H and O–H groups in total. The van der Waals surface area contributed by atoms with Crippen LogP contribution in [0.5, 0.6) is 0 Å². The third-order valence-electron chi connectivity index (χ3n) is 6.26. The van der Waals surface area contributed by atoms with E-state index >= 15 is 0 Å². The van der Waals surface area contributed by atoms with E-state index in [2.05, 4.69) is 10.6 Å². The van der Waals surface area contributed by atoms with Crippen LogP contribution in [0.25, 0.3) is 22.3 Å². The first-order valence-corrected chi connectivity index (χ1v) is 11.3. The van der Waals surface area contributed by atoms with Crippen molar-refractivity contribution in [3.05, 3.63) is 82.9 Å². The van der Waals surface area contributed by atoms with Gasteiger partial charge in [-0.05, 0) is 66.3 Å². The minimum atomic E-state index is -1.87. The van der Waals surface area contributed by atoms with E-state index in [-0.39, 0.29) is 17.2 Å². The standard InChI is InChI=1S/C26H23BF2N2O4/c1-30-26(32)24-19-11-18(15-3-4-15)22(31-13-14-2-9-20(27(33)34)21(29)10-14)12-23(19)35-25(24)16-5-7-17(28)8-6-16/h2,5-12,15,31,33-34H,3-4,13H2,1H3,(H,30,32). The van der Waals surface area contributed by atoms with Gasteiger partial charge in [-0.15, -0.1) is 0 Å². The second-order valence-corrected chi connectivity index (χ2v) is 8.69. The molecule has 9 heteroatoms. The quantitative estimate of drug-likeness (QED) is 0.304. The average Bonchev–Trinajstić information content (AvgIpc) is 3.62. The van der Waals surface area contributed by atoms with E-state index in [0.29, 0.717) is 45.9 Å². The van der Waals surface area contributed by atoms with Crippen LogP contribution in [0.2, 0.25) is 0 Å². The van der Waals surface area contributed by atoms with Crippen molar-refractivity contribution >= 4 is 35.1 Å². The Bertz CT molecular complexity index is 1420. The number of hydrogen-bond donors (Lipinski definition) is 4. The van der Waals surface area contributed by atoms with Gasteiger partial charge in [-0.2, -0.15) is 0 Å². The maximum absolute atomic E-state index is 14.2. The first-order chi connectivity index (χ1) is 16.9. The van der Waals surface area contributed by atoms with Crippen molar-refractivity contribution in [2.75, 3.05) is 12.4 Å². The fourth-order valence-corrected chi connectivity index (χ4v) is 4.29. The van der Waals surface area contributed by atoms with Crippen LogP contribution in [-0.4, -0.2) is 30.1 Å². The van der Waals surface area contributed by atoms with Crippen LogP contribution in [-0.2, 0) is 6.54 Å². The summed E-state index contributed by atoms with van der Waals surface area (Å²) in [4.78, 5) is 12.8. The zero-order valence-electron chi connectivity index (χ0n) is 18.9. The van der Waals surface area contributed by atoms with Gasteiger partial charge in [-0.25, -0.2) is 8.78 Å². The molecule has 1 heterocycles. The van der Waals surface area contributed by atoms with E-state index in [1.165, 1.54) is 24.3 Å². The molecule has 0 unspecified atom stereocenters. The fourth-order valence-electron chi connectivity index (χ4n) is 4.29. The number of hydrogen-bond acceptors (Lipinski definition) is 5. The van der Waals surface area contributed by atoms with Crippen molar-refractivity contribution in [1.82, 2.24) is 5.32 Å². The highest BCUT2D eigenvalue weighted by molar-refractivity contribution is 6.58. The van der Waals surface area contributed by atoms with Gasteiger partial charge in [0, 0.05) is 41.8 Å². The van der Waals surface area contributed by atoms with E-state index < -0.39 is 12.9 Å². The molecule has 35 heavy (non-hydrogen) atoms. The first-order valence-electron chi connectivity index (χ1n) is 11.3. The van der Waals surface area contributed by atoms with Gasteiger partial charge in [0.1, 0.15) is 23.0 Å². The Morgan fingerprint density at radius 1 is 1.09 bits per heavy atom. The summed E-state index contributed by atoms with van der Waals surface area (Å²) >= 11 is 0. The highest BCUT2D eigenvalue weighted by Crippen LogP contribution is 2.46. The van der Waals surface area contributed by atoms with Crippen molar-refractivity contribution in [3.63, 3.8) is 0 Å². The molecule has 4 aromatic rings. The van der Waals surface area contributed by atoms with Crippen molar-refractivity contribution < 1.29 is 28.0 Å². The Labute approximate surface area is 200 Å². The number of carbonyl (C=O) groups excluding carboxylic acids is 1. The summed E-state index contributed by atoms with van der Waals surface area (Å²) in [6, 6.07) is 13.8. The molecule has 5 rings (SSSR count). The summed E-state index contributed by atoms with van der Waals surface area (Å²) in [6.45, 7) is 0.303. The summed E-state index contributed by atoms with van der Waals surface area (Å²) < 4.78 is 33.8. The molecule has 0 atom stereocenters. The number of rotatable bonds is 7. The molecular formula is C26H23BF2N2O4. The summed E-state index contributed by atoms with van der Waals surface area (Å²) in [7, 11) is -0.322. The highest BCUT2D eigenvalue weighted by atomic mass is 19.1. The number of fused-ring (bicyclic) bond motifs is 1. The third kappa shape index (κ3) is 4.52. The molecule has 0 spiro atoms. The Morgan fingerprint density at radius 2 is 1.83 bits per heavy atom. The lowest BCUT2D eigenvalue weighted by Gasteiger charge is -2.13. The Morgan fingerprint density at radius 3 is 2.46 bits per heavy atom. The summed E-state index contributed by atoms with van der Waals surface area (Å²) in [5.41, 5.74) is 3.78. The molecule has 0 radical (unpaired) electrons. The lowest BCUT2D eigenvalue weighted by atomic mass is 9.79. The number of halogens is 2. The van der Waals surface area contributed by atoms with Crippen molar-refractivity contribution in [1.29, 1.82) is 0 Å². The molecule has 1 aliphatic carbocycles.